The highest BCUT2D eigenvalue weighted by Gasteiger charge is 2.41. The molecule has 1 unspecified atom stereocenters. The molecule has 4 heteroatoms. The number of allylic oxidation sites excluding steroid dienone is 3. The van der Waals surface area contributed by atoms with Gasteiger partial charge in [-0.1, -0.05) is 18.2 Å². The molecule has 0 heterocycles. The van der Waals surface area contributed by atoms with E-state index in [9.17, 15) is 9.90 Å². The molecule has 0 amide bonds. The molecule has 0 bridgehead atoms. The van der Waals surface area contributed by atoms with E-state index in [2.05, 4.69) is 6.58 Å². The first-order valence-electron chi connectivity index (χ1n) is 5.44. The Morgan fingerprint density at radius 2 is 2.18 bits per heavy atom. The lowest BCUT2D eigenvalue weighted by molar-refractivity contribution is -0.183. The highest BCUT2D eigenvalue weighted by atomic mass is 16.7. The SMILES string of the molecule is C=CCCC(O)C1=CC=CC(OC)(OC)C1=O. The molecule has 0 saturated heterocycles. The summed E-state index contributed by atoms with van der Waals surface area (Å²) in [6, 6.07) is 0. The van der Waals surface area contributed by atoms with Crippen molar-refractivity contribution in [2.45, 2.75) is 24.7 Å². The molecule has 0 fully saturated rings. The zero-order chi connectivity index (χ0) is 12.9. The monoisotopic (exact) mass is 238 g/mol. The Hall–Kier alpha value is -1.23. The number of hydrogen-bond donors (Lipinski definition) is 1. The van der Waals surface area contributed by atoms with Gasteiger partial charge in [-0.2, -0.15) is 0 Å². The van der Waals surface area contributed by atoms with E-state index in [4.69, 9.17) is 9.47 Å². The van der Waals surface area contributed by atoms with E-state index in [0.717, 1.165) is 0 Å². The Morgan fingerprint density at radius 1 is 1.53 bits per heavy atom. The van der Waals surface area contributed by atoms with Crippen LogP contribution in [0.5, 0.6) is 0 Å². The Morgan fingerprint density at radius 3 is 2.71 bits per heavy atom. The third-order valence-corrected chi connectivity index (χ3v) is 2.78. The number of hydrogen-bond acceptors (Lipinski definition) is 4. The Kier molecular flexibility index (Phi) is 4.81. The van der Waals surface area contributed by atoms with Crippen molar-refractivity contribution in [3.05, 3.63) is 36.5 Å². The van der Waals surface area contributed by atoms with E-state index in [1.54, 1.807) is 18.2 Å². The van der Waals surface area contributed by atoms with Crippen LogP contribution in [0.15, 0.2) is 36.5 Å². The number of rotatable bonds is 6. The third-order valence-electron chi connectivity index (χ3n) is 2.78. The summed E-state index contributed by atoms with van der Waals surface area (Å²) in [5.74, 6) is -1.76. The predicted molar refractivity (Wildman–Crippen MR) is 64.4 cm³/mol. The molecule has 0 saturated carbocycles. The number of carbonyl (C=O) groups excluding carboxylic acids is 1. The van der Waals surface area contributed by atoms with Crippen LogP contribution in [0.3, 0.4) is 0 Å². The van der Waals surface area contributed by atoms with Gasteiger partial charge in [0.2, 0.25) is 5.78 Å². The average molecular weight is 238 g/mol. The van der Waals surface area contributed by atoms with Gasteiger partial charge in [-0.05, 0) is 18.9 Å². The van der Waals surface area contributed by atoms with Crippen molar-refractivity contribution in [3.63, 3.8) is 0 Å². The molecular formula is C13H18O4. The van der Waals surface area contributed by atoms with Crippen LogP contribution in [0, 0.1) is 0 Å². The van der Waals surface area contributed by atoms with E-state index < -0.39 is 11.9 Å². The second-order valence-corrected chi connectivity index (χ2v) is 3.77. The van der Waals surface area contributed by atoms with Gasteiger partial charge in [0.15, 0.2) is 0 Å². The van der Waals surface area contributed by atoms with Gasteiger partial charge in [0.1, 0.15) is 0 Å². The third kappa shape index (κ3) is 2.72. The second kappa shape index (κ2) is 5.91. The maximum absolute atomic E-state index is 12.2. The predicted octanol–water partition coefficient (Wildman–Crippen LogP) is 1.37. The number of ketones is 1. The molecule has 0 aromatic heterocycles. The molecule has 1 aliphatic rings. The molecule has 1 rings (SSSR count). The Balaban J connectivity index is 2.88. The molecular weight excluding hydrogens is 220 g/mol. The molecule has 1 aliphatic carbocycles. The summed E-state index contributed by atoms with van der Waals surface area (Å²) in [6.07, 6.45) is 6.75. The summed E-state index contributed by atoms with van der Waals surface area (Å²) in [5, 5.41) is 9.92. The summed E-state index contributed by atoms with van der Waals surface area (Å²) in [5.41, 5.74) is 0.304. The first kappa shape index (κ1) is 13.8. The molecule has 0 aliphatic heterocycles. The maximum Gasteiger partial charge on any atom is 0.253 e. The van der Waals surface area contributed by atoms with Crippen molar-refractivity contribution in [1.82, 2.24) is 0 Å². The summed E-state index contributed by atoms with van der Waals surface area (Å²) in [7, 11) is 2.79. The Labute approximate surface area is 101 Å². The number of aliphatic hydroxyl groups is 1. The Bertz CT molecular complexity index is 350. The highest BCUT2D eigenvalue weighted by molar-refractivity contribution is 6.04. The molecule has 94 valence electrons. The summed E-state index contributed by atoms with van der Waals surface area (Å²) < 4.78 is 10.2. The van der Waals surface area contributed by atoms with E-state index in [-0.39, 0.29) is 5.78 Å². The smallest absolute Gasteiger partial charge is 0.253 e. The van der Waals surface area contributed by atoms with Crippen LogP contribution in [-0.4, -0.2) is 37.0 Å². The van der Waals surface area contributed by atoms with Crippen molar-refractivity contribution in [3.8, 4) is 0 Å². The molecule has 17 heavy (non-hydrogen) atoms. The van der Waals surface area contributed by atoms with Crippen LogP contribution in [0.1, 0.15) is 12.8 Å². The first-order valence-corrected chi connectivity index (χ1v) is 5.44. The van der Waals surface area contributed by atoms with Crippen molar-refractivity contribution in [1.29, 1.82) is 0 Å². The minimum Gasteiger partial charge on any atom is -0.388 e. The largest absolute Gasteiger partial charge is 0.388 e. The number of ether oxygens (including phenoxy) is 2. The van der Waals surface area contributed by atoms with Gasteiger partial charge in [0.25, 0.3) is 5.79 Å². The molecule has 4 nitrogen and oxygen atoms in total. The summed E-state index contributed by atoms with van der Waals surface area (Å²) >= 11 is 0. The fourth-order valence-electron chi connectivity index (χ4n) is 1.73. The molecule has 0 spiro atoms. The summed E-state index contributed by atoms with van der Waals surface area (Å²) in [6.45, 7) is 3.58. The van der Waals surface area contributed by atoms with Crippen LogP contribution >= 0.6 is 0 Å². The van der Waals surface area contributed by atoms with Gasteiger partial charge < -0.3 is 14.6 Å². The zero-order valence-corrected chi connectivity index (χ0v) is 10.2. The number of carbonyl (C=O) groups is 1. The van der Waals surface area contributed by atoms with Crippen molar-refractivity contribution >= 4 is 5.78 Å². The zero-order valence-electron chi connectivity index (χ0n) is 10.2. The van der Waals surface area contributed by atoms with Gasteiger partial charge in [-0.25, -0.2) is 0 Å². The van der Waals surface area contributed by atoms with Crippen LogP contribution in [0.2, 0.25) is 0 Å². The highest BCUT2D eigenvalue weighted by Crippen LogP contribution is 2.26. The fraction of sp³-hybridized carbons (Fsp3) is 0.462. The standard InChI is InChI=1S/C13H18O4/c1-4-5-8-11(14)10-7-6-9-13(16-2,17-3)12(10)15/h4,6-7,9,11,14H,1,5,8H2,2-3H3. The fourth-order valence-corrected chi connectivity index (χ4v) is 1.73. The van der Waals surface area contributed by atoms with Gasteiger partial charge in [-0.3, -0.25) is 4.79 Å². The molecule has 0 aromatic carbocycles. The van der Waals surface area contributed by atoms with E-state index >= 15 is 0 Å². The van der Waals surface area contributed by atoms with Gasteiger partial charge >= 0.3 is 0 Å². The van der Waals surface area contributed by atoms with Crippen LogP contribution in [0.4, 0.5) is 0 Å². The van der Waals surface area contributed by atoms with E-state index in [1.165, 1.54) is 20.3 Å². The van der Waals surface area contributed by atoms with Crippen molar-refractivity contribution < 1.29 is 19.4 Å². The quantitative estimate of drug-likeness (QED) is 0.561. The number of Topliss-reactive ketones (excluding diaryl/α,β-unsaturated/α-hetero) is 1. The number of aliphatic hydroxyl groups excluding tert-OH is 1. The van der Waals surface area contributed by atoms with Crippen LogP contribution in [0.25, 0.3) is 0 Å². The normalized spacial score (nSPS) is 19.9. The maximum atomic E-state index is 12.2. The van der Waals surface area contributed by atoms with Crippen LogP contribution in [-0.2, 0) is 14.3 Å². The second-order valence-electron chi connectivity index (χ2n) is 3.77. The lowest BCUT2D eigenvalue weighted by Gasteiger charge is -2.30. The minimum absolute atomic E-state index is 0.304. The van der Waals surface area contributed by atoms with Gasteiger partial charge in [-0.15, -0.1) is 6.58 Å². The topological polar surface area (TPSA) is 55.8 Å². The first-order chi connectivity index (χ1) is 8.11. The van der Waals surface area contributed by atoms with E-state index in [1.807, 2.05) is 0 Å². The van der Waals surface area contributed by atoms with Crippen molar-refractivity contribution in [2.24, 2.45) is 0 Å². The molecule has 0 radical (unpaired) electrons. The lowest BCUT2D eigenvalue weighted by atomic mass is 9.91. The van der Waals surface area contributed by atoms with E-state index in [0.29, 0.717) is 18.4 Å². The van der Waals surface area contributed by atoms with Gasteiger partial charge in [0.05, 0.1) is 6.10 Å². The van der Waals surface area contributed by atoms with Crippen LogP contribution < -0.4 is 0 Å². The van der Waals surface area contributed by atoms with Gasteiger partial charge in [0, 0.05) is 19.8 Å². The average Bonchev–Trinajstić information content (AvgIpc) is 2.36. The molecule has 1 atom stereocenters. The summed E-state index contributed by atoms with van der Waals surface area (Å²) in [4.78, 5) is 12.2. The minimum atomic E-state index is -1.40. The number of methoxy groups -OCH3 is 2. The van der Waals surface area contributed by atoms with Crippen molar-refractivity contribution in [2.75, 3.05) is 14.2 Å². The molecule has 1 N–H and O–H groups in total. The molecule has 0 aromatic rings. The lowest BCUT2D eigenvalue weighted by Crippen LogP contribution is -2.45.